The molecule has 0 saturated heterocycles. The maximum Gasteiger partial charge on any atom is 0.279 e. The number of nitrogens with zero attached hydrogens (tertiary/aromatic N) is 2. The van der Waals surface area contributed by atoms with Crippen LogP contribution in [0.5, 0.6) is 5.75 Å². The second-order valence-corrected chi connectivity index (χ2v) is 8.22. The zero-order valence-corrected chi connectivity index (χ0v) is 17.1. The zero-order valence-electron chi connectivity index (χ0n) is 15.6. The summed E-state index contributed by atoms with van der Waals surface area (Å²) in [5.41, 5.74) is 1.78. The third-order valence-corrected chi connectivity index (χ3v) is 6.17. The molecule has 0 unspecified atom stereocenters. The summed E-state index contributed by atoms with van der Waals surface area (Å²) >= 11 is 7.43. The van der Waals surface area contributed by atoms with E-state index in [4.69, 9.17) is 11.6 Å². The standard InChI is InChI=1S/C21H18ClN3O3S/c1-25-19-18(16(10-17(27)23-19)13-5-3-7-15(26)9-13)20(28)24-21(25)29-11-12-4-2-6-14(22)8-12/h2-9,16,26H,10-11H2,1H3,(H,23,27)/t16-/m1/s1. The van der Waals surface area contributed by atoms with E-state index in [-0.39, 0.29) is 23.6 Å². The largest absolute Gasteiger partial charge is 0.508 e. The molecule has 2 aromatic carbocycles. The van der Waals surface area contributed by atoms with Gasteiger partial charge in [0.15, 0.2) is 5.16 Å². The first-order chi connectivity index (χ1) is 13.9. The Kier molecular flexibility index (Phi) is 5.34. The molecule has 1 amide bonds. The lowest BCUT2D eigenvalue weighted by Crippen LogP contribution is -2.33. The van der Waals surface area contributed by atoms with Crippen molar-refractivity contribution in [1.29, 1.82) is 0 Å². The van der Waals surface area contributed by atoms with Crippen LogP contribution in [0.2, 0.25) is 5.02 Å². The monoisotopic (exact) mass is 427 g/mol. The van der Waals surface area contributed by atoms with Crippen molar-refractivity contribution in [3.05, 3.63) is 80.6 Å². The molecule has 0 fully saturated rings. The highest BCUT2D eigenvalue weighted by molar-refractivity contribution is 7.98. The Morgan fingerprint density at radius 1 is 1.24 bits per heavy atom. The summed E-state index contributed by atoms with van der Waals surface area (Å²) in [5.74, 6) is 0.488. The first kappa shape index (κ1) is 19.5. The minimum Gasteiger partial charge on any atom is -0.508 e. The maximum absolute atomic E-state index is 12.9. The fourth-order valence-corrected chi connectivity index (χ4v) is 4.59. The molecular formula is C21H18ClN3O3S. The molecule has 3 aromatic rings. The van der Waals surface area contributed by atoms with E-state index in [1.165, 1.54) is 11.8 Å². The highest BCUT2D eigenvalue weighted by Crippen LogP contribution is 2.37. The van der Waals surface area contributed by atoms with Gasteiger partial charge in [0.05, 0.1) is 5.56 Å². The highest BCUT2D eigenvalue weighted by atomic mass is 35.5. The minimum absolute atomic E-state index is 0.0912. The predicted octanol–water partition coefficient (Wildman–Crippen LogP) is 3.91. The number of aromatic hydroxyl groups is 1. The van der Waals surface area contributed by atoms with E-state index in [1.54, 1.807) is 41.9 Å². The lowest BCUT2D eigenvalue weighted by Gasteiger charge is -2.27. The van der Waals surface area contributed by atoms with Crippen LogP contribution >= 0.6 is 23.4 Å². The fraction of sp³-hybridized carbons (Fsp3) is 0.190. The molecule has 29 heavy (non-hydrogen) atoms. The smallest absolute Gasteiger partial charge is 0.279 e. The number of amides is 1. The molecule has 1 aliphatic heterocycles. The summed E-state index contributed by atoms with van der Waals surface area (Å²) in [7, 11) is 1.77. The van der Waals surface area contributed by atoms with Gasteiger partial charge in [0.25, 0.3) is 5.56 Å². The number of thioether (sulfide) groups is 1. The summed E-state index contributed by atoms with van der Waals surface area (Å²) in [6.07, 6.45) is 0.127. The number of fused-ring (bicyclic) bond motifs is 1. The Morgan fingerprint density at radius 3 is 2.79 bits per heavy atom. The summed E-state index contributed by atoms with van der Waals surface area (Å²) < 4.78 is 1.73. The molecule has 0 saturated carbocycles. The third kappa shape index (κ3) is 4.02. The van der Waals surface area contributed by atoms with Crippen molar-refractivity contribution in [3.63, 3.8) is 0 Å². The molecule has 0 spiro atoms. The van der Waals surface area contributed by atoms with Crippen molar-refractivity contribution < 1.29 is 9.90 Å². The van der Waals surface area contributed by atoms with E-state index in [2.05, 4.69) is 10.3 Å². The quantitative estimate of drug-likeness (QED) is 0.487. The number of aromatic nitrogens is 2. The van der Waals surface area contributed by atoms with E-state index in [0.717, 1.165) is 5.56 Å². The number of carbonyl (C=O) groups excluding carboxylic acids is 1. The first-order valence-electron chi connectivity index (χ1n) is 8.99. The van der Waals surface area contributed by atoms with Gasteiger partial charge >= 0.3 is 0 Å². The van der Waals surface area contributed by atoms with Crippen LogP contribution in [0.3, 0.4) is 0 Å². The number of phenolic OH excluding ortho intramolecular Hbond substituents is 1. The number of carbonyl (C=O) groups is 1. The molecule has 6 nitrogen and oxygen atoms in total. The number of nitrogens with one attached hydrogen (secondary N) is 1. The van der Waals surface area contributed by atoms with Gasteiger partial charge in [0, 0.05) is 30.2 Å². The molecule has 0 bridgehead atoms. The van der Waals surface area contributed by atoms with Crippen LogP contribution in [0.15, 0.2) is 58.5 Å². The first-order valence-corrected chi connectivity index (χ1v) is 10.4. The zero-order chi connectivity index (χ0) is 20.5. The number of phenols is 1. The number of benzene rings is 2. The van der Waals surface area contributed by atoms with E-state index in [9.17, 15) is 14.7 Å². The third-order valence-electron chi connectivity index (χ3n) is 4.83. The second-order valence-electron chi connectivity index (χ2n) is 6.84. The van der Waals surface area contributed by atoms with Crippen LogP contribution in [0.4, 0.5) is 5.82 Å². The summed E-state index contributed by atoms with van der Waals surface area (Å²) in [6, 6.07) is 14.1. The van der Waals surface area contributed by atoms with Crippen LogP contribution in [0, 0.1) is 0 Å². The van der Waals surface area contributed by atoms with Crippen molar-refractivity contribution in [2.75, 3.05) is 5.32 Å². The molecule has 1 atom stereocenters. The van der Waals surface area contributed by atoms with Gasteiger partial charge in [0.2, 0.25) is 5.91 Å². The topological polar surface area (TPSA) is 84.2 Å². The average Bonchev–Trinajstić information content (AvgIpc) is 2.69. The summed E-state index contributed by atoms with van der Waals surface area (Å²) in [4.78, 5) is 29.5. The van der Waals surface area contributed by atoms with Gasteiger partial charge in [-0.05, 0) is 35.4 Å². The molecule has 2 N–H and O–H groups in total. The summed E-state index contributed by atoms with van der Waals surface area (Å²) in [6.45, 7) is 0. The van der Waals surface area contributed by atoms with Crippen molar-refractivity contribution in [1.82, 2.24) is 9.55 Å². The Balaban J connectivity index is 1.72. The van der Waals surface area contributed by atoms with Crippen molar-refractivity contribution >= 4 is 35.1 Å². The predicted molar refractivity (Wildman–Crippen MR) is 114 cm³/mol. The highest BCUT2D eigenvalue weighted by Gasteiger charge is 2.32. The van der Waals surface area contributed by atoms with Gasteiger partial charge in [-0.2, -0.15) is 4.98 Å². The molecule has 0 aliphatic carbocycles. The number of halogens is 1. The van der Waals surface area contributed by atoms with Gasteiger partial charge in [0.1, 0.15) is 11.6 Å². The van der Waals surface area contributed by atoms with Crippen LogP contribution in [0.1, 0.15) is 29.0 Å². The van der Waals surface area contributed by atoms with Crippen molar-refractivity contribution in [3.8, 4) is 5.75 Å². The van der Waals surface area contributed by atoms with Crippen LogP contribution in [-0.4, -0.2) is 20.6 Å². The lowest BCUT2D eigenvalue weighted by atomic mass is 9.86. The molecule has 148 valence electrons. The number of anilines is 1. The number of rotatable bonds is 4. The normalized spacial score (nSPS) is 15.7. The van der Waals surface area contributed by atoms with Crippen LogP contribution in [-0.2, 0) is 17.6 Å². The van der Waals surface area contributed by atoms with Crippen LogP contribution < -0.4 is 10.9 Å². The van der Waals surface area contributed by atoms with E-state index in [1.807, 2.05) is 18.2 Å². The Morgan fingerprint density at radius 2 is 2.03 bits per heavy atom. The molecule has 4 rings (SSSR count). The second kappa shape index (κ2) is 7.93. The molecule has 0 radical (unpaired) electrons. The van der Waals surface area contributed by atoms with Crippen molar-refractivity contribution in [2.45, 2.75) is 23.2 Å². The van der Waals surface area contributed by atoms with Gasteiger partial charge in [-0.15, -0.1) is 0 Å². The SMILES string of the molecule is Cn1c(SCc2cccc(Cl)c2)nc(=O)c2c1NC(=O)C[C@@H]2c1cccc(O)c1. The fourth-order valence-electron chi connectivity index (χ4n) is 3.47. The Bertz CT molecular complexity index is 1160. The Hall–Kier alpha value is -2.77. The Labute approximate surface area is 176 Å². The van der Waals surface area contributed by atoms with Gasteiger partial charge in [-0.3, -0.25) is 9.59 Å². The molecule has 1 aromatic heterocycles. The minimum atomic E-state index is -0.455. The van der Waals surface area contributed by atoms with E-state index < -0.39 is 5.92 Å². The summed E-state index contributed by atoms with van der Waals surface area (Å²) in [5, 5.41) is 13.8. The maximum atomic E-state index is 12.9. The van der Waals surface area contributed by atoms with Gasteiger partial charge in [-0.1, -0.05) is 47.6 Å². The van der Waals surface area contributed by atoms with Crippen LogP contribution in [0.25, 0.3) is 0 Å². The average molecular weight is 428 g/mol. The molecular weight excluding hydrogens is 410 g/mol. The van der Waals surface area contributed by atoms with E-state index in [0.29, 0.717) is 32.9 Å². The molecule has 8 heteroatoms. The molecule has 1 aliphatic rings. The van der Waals surface area contributed by atoms with Gasteiger partial charge in [-0.25, -0.2) is 0 Å². The number of hydrogen-bond acceptors (Lipinski definition) is 5. The number of hydrogen-bond donors (Lipinski definition) is 2. The van der Waals surface area contributed by atoms with E-state index >= 15 is 0 Å². The van der Waals surface area contributed by atoms with Gasteiger partial charge < -0.3 is 15.0 Å². The lowest BCUT2D eigenvalue weighted by molar-refractivity contribution is -0.116. The van der Waals surface area contributed by atoms with Crippen molar-refractivity contribution in [2.24, 2.45) is 7.05 Å². The molecule has 2 heterocycles.